The van der Waals surface area contributed by atoms with Gasteiger partial charge in [-0.05, 0) is 42.4 Å². The van der Waals surface area contributed by atoms with Gasteiger partial charge in [-0.25, -0.2) is 0 Å². The molecule has 0 aliphatic rings. The van der Waals surface area contributed by atoms with E-state index in [0.29, 0.717) is 22.9 Å². The van der Waals surface area contributed by atoms with Crippen LogP contribution in [-0.4, -0.2) is 28.3 Å². The van der Waals surface area contributed by atoms with Crippen LogP contribution in [-0.2, 0) is 9.53 Å². The Labute approximate surface area is 174 Å². The summed E-state index contributed by atoms with van der Waals surface area (Å²) in [5.41, 5.74) is 2.52. The zero-order chi connectivity index (χ0) is 22.2. The fraction of sp³-hybridized carbons (Fsp3) is 0.957. The van der Waals surface area contributed by atoms with Crippen LogP contribution in [0.5, 0.6) is 0 Å². The van der Waals surface area contributed by atoms with E-state index in [1.807, 2.05) is 20.8 Å². The van der Waals surface area contributed by atoms with Crippen molar-refractivity contribution in [3.8, 4) is 0 Å². The standard InChI is InChI=1S/C16H34O2Si.C7H18Si/c1-10-16(8,9)15(17)18-11-19(12(2)3,13(4)5)14(6)7;1-6-7(2)8(3,4)5/h12-14H,10-11H2,1-9H3;7H,6H2,1-5H3. The maximum Gasteiger partial charge on any atom is 0.311 e. The molecule has 0 amide bonds. The van der Waals surface area contributed by atoms with Crippen molar-refractivity contribution in [2.24, 2.45) is 5.41 Å². The van der Waals surface area contributed by atoms with Crippen molar-refractivity contribution < 1.29 is 9.53 Å². The average molecular weight is 417 g/mol. The lowest BCUT2D eigenvalue weighted by Gasteiger charge is -2.42. The van der Waals surface area contributed by atoms with E-state index in [1.54, 1.807) is 0 Å². The normalized spacial score (nSPS) is 14.3. The predicted molar refractivity (Wildman–Crippen MR) is 129 cm³/mol. The van der Waals surface area contributed by atoms with E-state index in [4.69, 9.17) is 4.74 Å². The van der Waals surface area contributed by atoms with Crippen molar-refractivity contribution in [3.05, 3.63) is 0 Å². The molecule has 0 fully saturated rings. The second-order valence-electron chi connectivity index (χ2n) is 11.1. The second kappa shape index (κ2) is 11.8. The van der Waals surface area contributed by atoms with Gasteiger partial charge in [0.05, 0.1) is 11.6 Å². The molecular formula is C23H52O2Si2. The predicted octanol–water partition coefficient (Wildman–Crippen LogP) is 8.31. The van der Waals surface area contributed by atoms with Crippen LogP contribution in [0, 0.1) is 5.41 Å². The van der Waals surface area contributed by atoms with Crippen molar-refractivity contribution in [2.75, 3.05) is 6.23 Å². The Balaban J connectivity index is 0. The molecule has 4 heteroatoms. The van der Waals surface area contributed by atoms with Gasteiger partial charge in [0.2, 0.25) is 0 Å². The van der Waals surface area contributed by atoms with Gasteiger partial charge < -0.3 is 4.74 Å². The van der Waals surface area contributed by atoms with Gasteiger partial charge in [-0.15, -0.1) is 0 Å². The van der Waals surface area contributed by atoms with E-state index < -0.39 is 16.1 Å². The summed E-state index contributed by atoms with van der Waals surface area (Å²) in [6.07, 6.45) is 2.85. The van der Waals surface area contributed by atoms with Crippen molar-refractivity contribution in [1.82, 2.24) is 0 Å². The molecule has 0 spiro atoms. The Morgan fingerprint density at radius 2 is 1.22 bits per heavy atom. The van der Waals surface area contributed by atoms with E-state index in [0.717, 1.165) is 12.0 Å². The Bertz CT molecular complexity index is 399. The van der Waals surface area contributed by atoms with Crippen LogP contribution < -0.4 is 0 Å². The summed E-state index contributed by atoms with van der Waals surface area (Å²) in [6, 6.07) is 0. The molecule has 164 valence electrons. The minimum Gasteiger partial charge on any atom is -0.469 e. The van der Waals surface area contributed by atoms with E-state index in [1.165, 1.54) is 6.42 Å². The monoisotopic (exact) mass is 416 g/mol. The molecule has 0 aliphatic heterocycles. The van der Waals surface area contributed by atoms with Crippen molar-refractivity contribution in [1.29, 1.82) is 0 Å². The van der Waals surface area contributed by atoms with Crippen LogP contribution in [0.1, 0.15) is 89.0 Å². The van der Waals surface area contributed by atoms with Gasteiger partial charge in [0.25, 0.3) is 0 Å². The highest BCUT2D eigenvalue weighted by atomic mass is 28.3. The molecule has 0 aromatic rings. The topological polar surface area (TPSA) is 26.3 Å². The number of rotatable bonds is 9. The quantitative estimate of drug-likeness (QED) is 0.279. The summed E-state index contributed by atoms with van der Waals surface area (Å²) in [4.78, 5) is 12.2. The number of hydrogen-bond donors (Lipinski definition) is 0. The zero-order valence-corrected chi connectivity index (χ0v) is 23.2. The van der Waals surface area contributed by atoms with Gasteiger partial charge in [-0.2, -0.15) is 0 Å². The molecule has 0 radical (unpaired) electrons. The average Bonchev–Trinajstić information content (AvgIpc) is 2.52. The van der Waals surface area contributed by atoms with E-state index >= 15 is 0 Å². The summed E-state index contributed by atoms with van der Waals surface area (Å²) in [5, 5.41) is 0. The number of carbonyl (C=O) groups is 1. The summed E-state index contributed by atoms with van der Waals surface area (Å²) in [6.45, 7) is 31.7. The fourth-order valence-corrected chi connectivity index (χ4v) is 10.2. The molecule has 1 atom stereocenters. The summed E-state index contributed by atoms with van der Waals surface area (Å²) in [7, 11) is -2.39. The lowest BCUT2D eigenvalue weighted by molar-refractivity contribution is -0.152. The Hall–Kier alpha value is -0.0962. The molecule has 0 rings (SSSR count). The first-order valence-electron chi connectivity index (χ1n) is 11.2. The van der Waals surface area contributed by atoms with Gasteiger partial charge >= 0.3 is 5.97 Å². The molecule has 0 saturated carbocycles. The number of carbonyl (C=O) groups excluding carboxylic acids is 1. The highest BCUT2D eigenvalue weighted by molar-refractivity contribution is 6.83. The number of ether oxygens (including phenoxy) is 1. The van der Waals surface area contributed by atoms with Gasteiger partial charge in [-0.3, -0.25) is 4.79 Å². The van der Waals surface area contributed by atoms with Crippen LogP contribution >= 0.6 is 0 Å². The summed E-state index contributed by atoms with van der Waals surface area (Å²) >= 11 is 0. The molecule has 0 N–H and O–H groups in total. The maximum absolute atomic E-state index is 12.2. The van der Waals surface area contributed by atoms with Gasteiger partial charge in [0.15, 0.2) is 0 Å². The molecule has 2 nitrogen and oxygen atoms in total. The Morgan fingerprint density at radius 3 is 1.41 bits per heavy atom. The lowest BCUT2D eigenvalue weighted by atomic mass is 9.91. The first kappa shape index (κ1) is 29.1. The smallest absolute Gasteiger partial charge is 0.311 e. The fourth-order valence-electron chi connectivity index (χ4n) is 3.64. The Morgan fingerprint density at radius 1 is 0.852 bits per heavy atom. The molecule has 1 unspecified atom stereocenters. The molecule has 0 aliphatic carbocycles. The molecular weight excluding hydrogens is 364 g/mol. The van der Waals surface area contributed by atoms with Crippen LogP contribution in [0.2, 0.25) is 41.8 Å². The number of esters is 1. The van der Waals surface area contributed by atoms with E-state index in [9.17, 15) is 4.79 Å². The zero-order valence-electron chi connectivity index (χ0n) is 21.2. The number of hydrogen-bond acceptors (Lipinski definition) is 2. The maximum atomic E-state index is 12.2. The minimum absolute atomic E-state index is 0.0335. The van der Waals surface area contributed by atoms with Gasteiger partial charge in [0, 0.05) is 8.07 Å². The summed E-state index contributed by atoms with van der Waals surface area (Å²) in [5.74, 6) is -0.0335. The van der Waals surface area contributed by atoms with Crippen molar-refractivity contribution >= 4 is 22.1 Å². The molecule has 0 aromatic carbocycles. The lowest BCUT2D eigenvalue weighted by Crippen LogP contribution is -2.50. The largest absolute Gasteiger partial charge is 0.469 e. The molecule has 0 heterocycles. The van der Waals surface area contributed by atoms with Crippen molar-refractivity contribution in [3.63, 3.8) is 0 Å². The highest BCUT2D eigenvalue weighted by Crippen LogP contribution is 2.41. The summed E-state index contributed by atoms with van der Waals surface area (Å²) < 4.78 is 5.77. The minimum atomic E-state index is -1.62. The third-order valence-electron chi connectivity index (χ3n) is 7.21. The second-order valence-corrected chi connectivity index (χ2v) is 22.8. The molecule has 0 bridgehead atoms. The Kier molecular flexibility index (Phi) is 12.7. The van der Waals surface area contributed by atoms with E-state index in [2.05, 4.69) is 75.0 Å². The molecule has 0 aromatic heterocycles. The molecule has 0 saturated heterocycles. The van der Waals surface area contributed by atoms with Crippen LogP contribution in [0.3, 0.4) is 0 Å². The van der Waals surface area contributed by atoms with Gasteiger partial charge in [0.1, 0.15) is 8.07 Å². The first-order chi connectivity index (χ1) is 12.0. The highest BCUT2D eigenvalue weighted by Gasteiger charge is 2.44. The first-order valence-corrected chi connectivity index (χ1v) is 17.2. The van der Waals surface area contributed by atoms with E-state index in [-0.39, 0.29) is 11.4 Å². The van der Waals surface area contributed by atoms with Crippen LogP contribution in [0.25, 0.3) is 0 Å². The SMILES string of the molecule is CCC(C)(C)C(=O)OC[Si](C(C)C)(C(C)C)C(C)C.CCC(C)[Si](C)(C)C. The third-order valence-corrected chi connectivity index (χ3v) is 17.7. The van der Waals surface area contributed by atoms with Gasteiger partial charge in [-0.1, -0.05) is 88.4 Å². The van der Waals surface area contributed by atoms with Crippen molar-refractivity contribution in [2.45, 2.75) is 131 Å². The molecule has 27 heavy (non-hydrogen) atoms. The van der Waals surface area contributed by atoms with Crippen LogP contribution in [0.15, 0.2) is 0 Å². The van der Waals surface area contributed by atoms with Crippen LogP contribution in [0.4, 0.5) is 0 Å². The third kappa shape index (κ3) is 8.85.